The van der Waals surface area contributed by atoms with Crippen molar-refractivity contribution in [1.82, 2.24) is 5.32 Å². The second kappa shape index (κ2) is 8.08. The van der Waals surface area contributed by atoms with Crippen molar-refractivity contribution in [2.75, 3.05) is 13.2 Å². The molecule has 4 nitrogen and oxygen atoms in total. The lowest BCUT2D eigenvalue weighted by Gasteiger charge is -2.26. The molecule has 142 valence electrons. The van der Waals surface area contributed by atoms with E-state index in [4.69, 9.17) is 4.74 Å². The summed E-state index contributed by atoms with van der Waals surface area (Å²) < 4.78 is 42.9. The molecule has 0 radical (unpaired) electrons. The van der Waals surface area contributed by atoms with Crippen LogP contribution in [0.5, 0.6) is 5.75 Å². The SMILES string of the molecule is CC(C)(C)c1ccc(OCCCC(=O)NC[C@](C)(O)C(F)(F)F)cc1. The van der Waals surface area contributed by atoms with Crippen LogP contribution in [0.15, 0.2) is 24.3 Å². The summed E-state index contributed by atoms with van der Waals surface area (Å²) in [6, 6.07) is 7.64. The molecule has 25 heavy (non-hydrogen) atoms. The second-order valence-corrected chi connectivity index (χ2v) is 7.27. The van der Waals surface area contributed by atoms with Crippen LogP contribution in [0.2, 0.25) is 0 Å². The number of alkyl halides is 3. The molecule has 0 spiro atoms. The number of amides is 1. The fourth-order valence-electron chi connectivity index (χ4n) is 1.93. The largest absolute Gasteiger partial charge is 0.494 e. The Kier molecular flexibility index (Phi) is 6.88. The molecule has 0 unspecified atom stereocenters. The third-order valence-electron chi connectivity index (χ3n) is 3.78. The van der Waals surface area contributed by atoms with Gasteiger partial charge in [0.25, 0.3) is 0 Å². The molecule has 0 aliphatic rings. The lowest BCUT2D eigenvalue weighted by atomic mass is 9.87. The van der Waals surface area contributed by atoms with Gasteiger partial charge in [-0.3, -0.25) is 4.79 Å². The van der Waals surface area contributed by atoms with Crippen molar-refractivity contribution < 1.29 is 27.8 Å². The van der Waals surface area contributed by atoms with Gasteiger partial charge >= 0.3 is 6.18 Å². The van der Waals surface area contributed by atoms with E-state index < -0.39 is 24.2 Å². The summed E-state index contributed by atoms with van der Waals surface area (Å²) in [6.45, 7) is 6.35. The number of carbonyl (C=O) groups is 1. The Morgan fingerprint density at radius 3 is 2.16 bits per heavy atom. The van der Waals surface area contributed by atoms with Crippen LogP contribution in [0.3, 0.4) is 0 Å². The Labute approximate surface area is 146 Å². The molecule has 7 heteroatoms. The van der Waals surface area contributed by atoms with Gasteiger partial charge in [0, 0.05) is 6.42 Å². The van der Waals surface area contributed by atoms with Crippen molar-refractivity contribution in [1.29, 1.82) is 0 Å². The number of hydrogen-bond donors (Lipinski definition) is 2. The van der Waals surface area contributed by atoms with Gasteiger partial charge in [0.15, 0.2) is 5.60 Å². The van der Waals surface area contributed by atoms with E-state index in [9.17, 15) is 23.1 Å². The second-order valence-electron chi connectivity index (χ2n) is 7.27. The Balaban J connectivity index is 2.30. The number of nitrogens with one attached hydrogen (secondary N) is 1. The van der Waals surface area contributed by atoms with Gasteiger partial charge < -0.3 is 15.2 Å². The number of benzene rings is 1. The maximum Gasteiger partial charge on any atom is 0.418 e. The molecule has 1 aromatic carbocycles. The number of halogens is 3. The molecule has 2 N–H and O–H groups in total. The number of hydrogen-bond acceptors (Lipinski definition) is 3. The van der Waals surface area contributed by atoms with Crippen molar-refractivity contribution in [2.45, 2.75) is 57.7 Å². The van der Waals surface area contributed by atoms with Crippen LogP contribution in [0.25, 0.3) is 0 Å². The number of ether oxygens (including phenoxy) is 1. The van der Waals surface area contributed by atoms with Crippen molar-refractivity contribution in [3.05, 3.63) is 29.8 Å². The number of aliphatic hydroxyl groups is 1. The van der Waals surface area contributed by atoms with Crippen LogP contribution in [-0.4, -0.2) is 35.9 Å². The average Bonchev–Trinajstić information content (AvgIpc) is 2.48. The van der Waals surface area contributed by atoms with Gasteiger partial charge in [0.2, 0.25) is 5.91 Å². The average molecular weight is 361 g/mol. The highest BCUT2D eigenvalue weighted by Gasteiger charge is 2.49. The Morgan fingerprint density at radius 1 is 1.12 bits per heavy atom. The van der Waals surface area contributed by atoms with Gasteiger partial charge in [-0.15, -0.1) is 0 Å². The van der Waals surface area contributed by atoms with Crippen LogP contribution >= 0.6 is 0 Å². The first-order valence-electron chi connectivity index (χ1n) is 8.12. The summed E-state index contributed by atoms with van der Waals surface area (Å²) in [6.07, 6.45) is -4.41. The van der Waals surface area contributed by atoms with E-state index in [1.165, 1.54) is 5.56 Å². The van der Waals surface area contributed by atoms with E-state index in [-0.39, 0.29) is 18.4 Å². The Morgan fingerprint density at radius 2 is 1.68 bits per heavy atom. The third kappa shape index (κ3) is 6.94. The Bertz CT molecular complexity index is 560. The fraction of sp³-hybridized carbons (Fsp3) is 0.611. The van der Waals surface area contributed by atoms with Crippen LogP contribution in [-0.2, 0) is 10.2 Å². The van der Waals surface area contributed by atoms with Crippen LogP contribution < -0.4 is 10.1 Å². The minimum absolute atomic E-state index is 0.0218. The van der Waals surface area contributed by atoms with Crippen molar-refractivity contribution in [2.24, 2.45) is 0 Å². The molecule has 0 saturated carbocycles. The molecule has 0 fully saturated rings. The summed E-state index contributed by atoms with van der Waals surface area (Å²) in [7, 11) is 0. The molecular weight excluding hydrogens is 335 g/mol. The fourth-order valence-corrected chi connectivity index (χ4v) is 1.93. The zero-order chi connectivity index (χ0) is 19.3. The molecule has 0 saturated heterocycles. The summed E-state index contributed by atoms with van der Waals surface area (Å²) in [5.41, 5.74) is -1.71. The van der Waals surface area contributed by atoms with Gasteiger partial charge in [-0.2, -0.15) is 13.2 Å². The zero-order valence-electron chi connectivity index (χ0n) is 15.0. The molecule has 1 atom stereocenters. The maximum atomic E-state index is 12.5. The van der Waals surface area contributed by atoms with Gasteiger partial charge in [-0.05, 0) is 36.5 Å². The third-order valence-corrected chi connectivity index (χ3v) is 3.78. The smallest absolute Gasteiger partial charge is 0.418 e. The van der Waals surface area contributed by atoms with Crippen LogP contribution in [0.4, 0.5) is 13.2 Å². The molecule has 1 rings (SSSR count). The minimum Gasteiger partial charge on any atom is -0.494 e. The van der Waals surface area contributed by atoms with E-state index in [0.717, 1.165) is 0 Å². The monoisotopic (exact) mass is 361 g/mol. The standard InChI is InChI=1S/C18H26F3NO3/c1-16(2,3)13-7-9-14(10-8-13)25-11-5-6-15(23)22-12-17(4,24)18(19,20)21/h7-10,24H,5-6,11-12H2,1-4H3,(H,22,23)/t17-/m0/s1. The molecule has 0 heterocycles. The number of carbonyl (C=O) groups excluding carboxylic acids is 1. The normalized spacial score (nSPS) is 14.7. The van der Waals surface area contributed by atoms with E-state index in [1.54, 1.807) is 0 Å². The van der Waals surface area contributed by atoms with Crippen LogP contribution in [0, 0.1) is 0 Å². The molecule has 0 aliphatic carbocycles. The highest BCUT2D eigenvalue weighted by molar-refractivity contribution is 5.75. The summed E-state index contributed by atoms with van der Waals surface area (Å²) >= 11 is 0. The first-order chi connectivity index (χ1) is 11.3. The predicted octanol–water partition coefficient (Wildman–Crippen LogP) is 3.57. The van der Waals surface area contributed by atoms with Gasteiger partial charge in [-0.1, -0.05) is 32.9 Å². The molecular formula is C18H26F3NO3. The topological polar surface area (TPSA) is 58.6 Å². The lowest BCUT2D eigenvalue weighted by molar-refractivity contribution is -0.250. The summed E-state index contributed by atoms with van der Waals surface area (Å²) in [5, 5.41) is 11.3. The van der Waals surface area contributed by atoms with Crippen molar-refractivity contribution in [3.63, 3.8) is 0 Å². The van der Waals surface area contributed by atoms with Gasteiger partial charge in [0.05, 0.1) is 13.2 Å². The minimum atomic E-state index is -4.79. The van der Waals surface area contributed by atoms with E-state index >= 15 is 0 Å². The summed E-state index contributed by atoms with van der Waals surface area (Å²) in [4.78, 5) is 11.5. The van der Waals surface area contributed by atoms with Crippen molar-refractivity contribution in [3.8, 4) is 5.75 Å². The highest BCUT2D eigenvalue weighted by atomic mass is 19.4. The van der Waals surface area contributed by atoms with Crippen molar-refractivity contribution >= 4 is 5.91 Å². The van der Waals surface area contributed by atoms with Crippen LogP contribution in [0.1, 0.15) is 46.1 Å². The summed E-state index contributed by atoms with van der Waals surface area (Å²) in [5.74, 6) is 0.115. The molecule has 1 aromatic rings. The first-order valence-corrected chi connectivity index (χ1v) is 8.12. The van der Waals surface area contributed by atoms with Gasteiger partial charge in [-0.25, -0.2) is 0 Å². The predicted molar refractivity (Wildman–Crippen MR) is 89.6 cm³/mol. The molecule has 0 bridgehead atoms. The number of rotatable bonds is 7. The highest BCUT2D eigenvalue weighted by Crippen LogP contribution is 2.29. The van der Waals surface area contributed by atoms with E-state index in [1.807, 2.05) is 24.3 Å². The van der Waals surface area contributed by atoms with Gasteiger partial charge in [0.1, 0.15) is 5.75 Å². The first kappa shape index (κ1) is 21.3. The zero-order valence-corrected chi connectivity index (χ0v) is 15.0. The molecule has 0 aromatic heterocycles. The van der Waals surface area contributed by atoms with E-state index in [2.05, 4.69) is 26.1 Å². The van der Waals surface area contributed by atoms with E-state index in [0.29, 0.717) is 19.1 Å². The Hall–Kier alpha value is -1.76. The molecule has 1 amide bonds. The lowest BCUT2D eigenvalue weighted by Crippen LogP contribution is -2.51. The maximum absolute atomic E-state index is 12.5. The molecule has 0 aliphatic heterocycles. The quantitative estimate of drug-likeness (QED) is 0.730.